The minimum atomic E-state index is -2.49. The number of benzene rings is 1. The molecule has 9 nitrogen and oxygen atoms in total. The third-order valence-corrected chi connectivity index (χ3v) is 5.95. The number of anilines is 1. The Labute approximate surface area is 213 Å². The summed E-state index contributed by atoms with van der Waals surface area (Å²) in [5.41, 5.74) is 3.47. The molecule has 37 heavy (non-hydrogen) atoms. The summed E-state index contributed by atoms with van der Waals surface area (Å²) in [4.78, 5) is 31.3. The Hall–Kier alpha value is -4.15. The quantitative estimate of drug-likeness (QED) is 0.347. The van der Waals surface area contributed by atoms with Gasteiger partial charge in [0.25, 0.3) is 5.91 Å². The molecule has 0 aliphatic rings. The smallest absolute Gasteiger partial charge is 0.261 e. The predicted molar refractivity (Wildman–Crippen MR) is 136 cm³/mol. The number of nitrogens with one attached hydrogen (secondary N) is 1. The van der Waals surface area contributed by atoms with Crippen LogP contribution in [0.2, 0.25) is 0 Å². The number of unbranched alkanes of at least 4 members (excludes halogenated alkanes) is 1. The number of amides is 2. The number of alkyl halides is 2. The minimum Gasteiger partial charge on any atom is -0.347 e. The molecule has 11 heteroatoms. The molecule has 0 saturated carbocycles. The summed E-state index contributed by atoms with van der Waals surface area (Å²) in [6, 6.07) is 6.95. The number of fused-ring (bicyclic) bond motifs is 1. The van der Waals surface area contributed by atoms with Crippen LogP contribution in [-0.4, -0.2) is 61.6 Å². The Morgan fingerprint density at radius 3 is 2.76 bits per heavy atom. The first kappa shape index (κ1) is 25.9. The lowest BCUT2D eigenvalue weighted by molar-refractivity contribution is -0.129. The fraction of sp³-hybridized carbons (Fsp3) is 0.346. The summed E-state index contributed by atoms with van der Waals surface area (Å²) >= 11 is 0. The maximum Gasteiger partial charge on any atom is 0.261 e. The van der Waals surface area contributed by atoms with E-state index in [0.29, 0.717) is 28.2 Å². The van der Waals surface area contributed by atoms with Gasteiger partial charge in [0.15, 0.2) is 5.65 Å². The van der Waals surface area contributed by atoms with Gasteiger partial charge < -0.3 is 10.2 Å². The monoisotopic (exact) mass is 509 g/mol. The van der Waals surface area contributed by atoms with Crippen molar-refractivity contribution in [1.82, 2.24) is 29.3 Å². The van der Waals surface area contributed by atoms with Crippen molar-refractivity contribution in [2.45, 2.75) is 45.6 Å². The molecule has 0 radical (unpaired) electrons. The van der Waals surface area contributed by atoms with E-state index in [2.05, 4.69) is 27.4 Å². The lowest BCUT2D eigenvalue weighted by atomic mass is 9.96. The first-order valence-electron chi connectivity index (χ1n) is 12.0. The second-order valence-corrected chi connectivity index (χ2v) is 8.97. The highest BCUT2D eigenvalue weighted by atomic mass is 19.3. The fourth-order valence-corrected chi connectivity index (χ4v) is 3.98. The molecule has 0 spiro atoms. The molecule has 1 aromatic carbocycles. The fourth-order valence-electron chi connectivity index (χ4n) is 3.98. The van der Waals surface area contributed by atoms with Crippen LogP contribution in [0.25, 0.3) is 16.9 Å². The number of carbonyl (C=O) groups excluding carboxylic acids is 2. The zero-order valence-corrected chi connectivity index (χ0v) is 21.0. The average Bonchev–Trinajstić information content (AvgIpc) is 3.46. The van der Waals surface area contributed by atoms with Crippen LogP contribution in [0.3, 0.4) is 0 Å². The summed E-state index contributed by atoms with van der Waals surface area (Å²) in [6.45, 7) is 2.03. The van der Waals surface area contributed by atoms with Gasteiger partial charge in [0.2, 0.25) is 12.3 Å². The zero-order valence-electron chi connectivity index (χ0n) is 21.0. The standard InChI is InChI=1S/C26H29F2N7O2/c1-4-5-7-18-9-8-17(13-22(27)28)12-19(18)24-21(15-34(32-24)16-23(36)33(2)3)31-26(37)20-14-30-35-11-6-10-29-25(20)35/h6,8-12,14-15,22H,4-5,7,13,16H2,1-3H3,(H,31,37). The van der Waals surface area contributed by atoms with E-state index in [1.165, 1.54) is 20.3 Å². The highest BCUT2D eigenvalue weighted by molar-refractivity contribution is 6.09. The van der Waals surface area contributed by atoms with Gasteiger partial charge in [0, 0.05) is 44.7 Å². The summed E-state index contributed by atoms with van der Waals surface area (Å²) in [7, 11) is 3.29. The van der Waals surface area contributed by atoms with Crippen molar-refractivity contribution in [2.75, 3.05) is 19.4 Å². The zero-order chi connectivity index (χ0) is 26.5. The number of aryl methyl sites for hydroxylation is 1. The van der Waals surface area contributed by atoms with Gasteiger partial charge in [-0.2, -0.15) is 10.2 Å². The lowest BCUT2D eigenvalue weighted by Gasteiger charge is -2.12. The second kappa shape index (κ2) is 11.3. The first-order valence-corrected chi connectivity index (χ1v) is 12.0. The largest absolute Gasteiger partial charge is 0.347 e. The van der Waals surface area contributed by atoms with Crippen LogP contribution in [0, 0.1) is 0 Å². The highest BCUT2D eigenvalue weighted by Gasteiger charge is 2.21. The van der Waals surface area contributed by atoms with Crippen molar-refractivity contribution in [3.63, 3.8) is 0 Å². The molecule has 0 unspecified atom stereocenters. The third kappa shape index (κ3) is 5.99. The Bertz CT molecular complexity index is 1410. The van der Waals surface area contributed by atoms with Gasteiger partial charge in [-0.05, 0) is 36.1 Å². The van der Waals surface area contributed by atoms with Crippen molar-refractivity contribution < 1.29 is 18.4 Å². The van der Waals surface area contributed by atoms with E-state index in [0.717, 1.165) is 24.8 Å². The van der Waals surface area contributed by atoms with Crippen LogP contribution < -0.4 is 5.32 Å². The van der Waals surface area contributed by atoms with Gasteiger partial charge in [0.1, 0.15) is 17.8 Å². The van der Waals surface area contributed by atoms with E-state index in [1.807, 2.05) is 6.07 Å². The number of likely N-dealkylation sites (N-methyl/N-ethyl adjacent to an activating group) is 1. The van der Waals surface area contributed by atoms with Crippen molar-refractivity contribution in [1.29, 1.82) is 0 Å². The Morgan fingerprint density at radius 2 is 2.03 bits per heavy atom. The molecule has 3 aromatic heterocycles. The molecule has 0 aliphatic carbocycles. The Balaban J connectivity index is 1.78. The molecule has 4 aromatic rings. The van der Waals surface area contributed by atoms with Crippen LogP contribution in [0.5, 0.6) is 0 Å². The van der Waals surface area contributed by atoms with Gasteiger partial charge >= 0.3 is 0 Å². The van der Waals surface area contributed by atoms with E-state index >= 15 is 0 Å². The molecule has 4 rings (SSSR count). The average molecular weight is 510 g/mol. The van der Waals surface area contributed by atoms with Gasteiger partial charge in [-0.15, -0.1) is 0 Å². The van der Waals surface area contributed by atoms with Crippen LogP contribution in [0.4, 0.5) is 14.5 Å². The first-order chi connectivity index (χ1) is 17.8. The van der Waals surface area contributed by atoms with E-state index in [4.69, 9.17) is 0 Å². The van der Waals surface area contributed by atoms with Crippen molar-refractivity contribution in [3.05, 3.63) is 65.7 Å². The van der Waals surface area contributed by atoms with Crippen molar-refractivity contribution in [2.24, 2.45) is 0 Å². The summed E-state index contributed by atoms with van der Waals surface area (Å²) < 4.78 is 29.3. The van der Waals surface area contributed by atoms with Gasteiger partial charge in [-0.3, -0.25) is 14.3 Å². The van der Waals surface area contributed by atoms with Crippen molar-refractivity contribution in [3.8, 4) is 11.3 Å². The molecule has 0 saturated heterocycles. The molecule has 194 valence electrons. The molecular formula is C26H29F2N7O2. The van der Waals surface area contributed by atoms with Crippen LogP contribution in [0.15, 0.2) is 49.1 Å². The topological polar surface area (TPSA) is 97.4 Å². The summed E-state index contributed by atoms with van der Waals surface area (Å²) in [5.74, 6) is -0.635. The van der Waals surface area contributed by atoms with E-state index < -0.39 is 18.8 Å². The highest BCUT2D eigenvalue weighted by Crippen LogP contribution is 2.32. The molecule has 0 atom stereocenters. The number of hydrogen-bond donors (Lipinski definition) is 1. The van der Waals surface area contributed by atoms with Gasteiger partial charge in [0.05, 0.1) is 11.9 Å². The lowest BCUT2D eigenvalue weighted by Crippen LogP contribution is -2.26. The van der Waals surface area contributed by atoms with E-state index in [1.54, 1.807) is 50.9 Å². The molecular weight excluding hydrogens is 480 g/mol. The normalized spacial score (nSPS) is 11.3. The van der Waals surface area contributed by atoms with E-state index in [9.17, 15) is 18.4 Å². The molecule has 3 heterocycles. The SMILES string of the molecule is CCCCc1ccc(CC(F)F)cc1-c1nn(CC(=O)N(C)C)cc1NC(=O)c1cnn2cccnc12. The number of rotatable bonds is 10. The third-order valence-electron chi connectivity index (χ3n) is 5.95. The van der Waals surface area contributed by atoms with Crippen LogP contribution >= 0.6 is 0 Å². The maximum atomic E-state index is 13.3. The number of nitrogens with zero attached hydrogens (tertiary/aromatic N) is 6. The molecule has 0 bridgehead atoms. The number of halogens is 2. The van der Waals surface area contributed by atoms with Crippen LogP contribution in [-0.2, 0) is 24.2 Å². The van der Waals surface area contributed by atoms with Gasteiger partial charge in [-0.25, -0.2) is 18.3 Å². The van der Waals surface area contributed by atoms with E-state index in [-0.39, 0.29) is 18.0 Å². The van der Waals surface area contributed by atoms with Crippen LogP contribution in [0.1, 0.15) is 41.3 Å². The molecule has 0 fully saturated rings. The van der Waals surface area contributed by atoms with Crippen molar-refractivity contribution >= 4 is 23.1 Å². The summed E-state index contributed by atoms with van der Waals surface area (Å²) in [5, 5.41) is 11.7. The molecule has 1 N–H and O–H groups in total. The Kier molecular flexibility index (Phi) is 7.90. The minimum absolute atomic E-state index is 0.0465. The molecule has 0 aliphatic heterocycles. The maximum absolute atomic E-state index is 13.3. The second-order valence-electron chi connectivity index (χ2n) is 8.97. The Morgan fingerprint density at radius 1 is 1.22 bits per heavy atom. The van der Waals surface area contributed by atoms with Gasteiger partial charge in [-0.1, -0.05) is 25.5 Å². The number of aromatic nitrogens is 5. The number of hydrogen-bond acceptors (Lipinski definition) is 5. The predicted octanol–water partition coefficient (Wildman–Crippen LogP) is 4.08. The summed E-state index contributed by atoms with van der Waals surface area (Å²) in [6.07, 6.45) is 5.94. The molecule has 2 amide bonds. The number of carbonyl (C=O) groups is 2.